The van der Waals surface area contributed by atoms with E-state index in [2.05, 4.69) is 30.3 Å². The zero-order chi connectivity index (χ0) is 11.9. The number of carbonyl (C=O) groups excluding carboxylic acids is 1. The van der Waals surface area contributed by atoms with E-state index in [1.807, 2.05) is 0 Å². The zero-order valence-electron chi connectivity index (χ0n) is 10.5. The molecule has 1 aromatic carbocycles. The third-order valence-corrected chi connectivity index (χ3v) is 3.79. The number of carbonyl (C=O) groups is 1. The SMILES string of the molecule is O=C1CCCCCC1CCCc1ccccc1. The highest BCUT2D eigenvalue weighted by Gasteiger charge is 2.19. The van der Waals surface area contributed by atoms with Crippen molar-refractivity contribution in [1.82, 2.24) is 0 Å². The van der Waals surface area contributed by atoms with Crippen LogP contribution in [0, 0.1) is 5.92 Å². The molecule has 1 nitrogen and oxygen atoms in total. The largest absolute Gasteiger partial charge is 0.299 e. The molecule has 0 heterocycles. The van der Waals surface area contributed by atoms with Crippen molar-refractivity contribution in [2.75, 3.05) is 0 Å². The van der Waals surface area contributed by atoms with Crippen LogP contribution in [0.4, 0.5) is 0 Å². The zero-order valence-corrected chi connectivity index (χ0v) is 10.5. The molecule has 1 aromatic rings. The van der Waals surface area contributed by atoms with Gasteiger partial charge in [0.05, 0.1) is 0 Å². The van der Waals surface area contributed by atoms with Gasteiger partial charge in [-0.3, -0.25) is 4.79 Å². The summed E-state index contributed by atoms with van der Waals surface area (Å²) in [5.74, 6) is 0.886. The number of benzene rings is 1. The quantitative estimate of drug-likeness (QED) is 0.710. The van der Waals surface area contributed by atoms with Crippen LogP contribution < -0.4 is 0 Å². The summed E-state index contributed by atoms with van der Waals surface area (Å²) >= 11 is 0. The fourth-order valence-corrected chi connectivity index (χ4v) is 2.73. The third-order valence-electron chi connectivity index (χ3n) is 3.79. The lowest BCUT2D eigenvalue weighted by molar-refractivity contribution is -0.122. The monoisotopic (exact) mass is 230 g/mol. The van der Waals surface area contributed by atoms with Gasteiger partial charge in [-0.15, -0.1) is 0 Å². The van der Waals surface area contributed by atoms with Crippen LogP contribution >= 0.6 is 0 Å². The van der Waals surface area contributed by atoms with Crippen molar-refractivity contribution in [3.63, 3.8) is 0 Å². The van der Waals surface area contributed by atoms with Gasteiger partial charge in [-0.25, -0.2) is 0 Å². The predicted octanol–water partition coefficient (Wildman–Crippen LogP) is 4.16. The van der Waals surface area contributed by atoms with Crippen LogP contribution in [-0.2, 0) is 11.2 Å². The van der Waals surface area contributed by atoms with Gasteiger partial charge >= 0.3 is 0 Å². The van der Waals surface area contributed by atoms with E-state index in [1.54, 1.807) is 0 Å². The Morgan fingerprint density at radius 2 is 1.88 bits per heavy atom. The Kier molecular flexibility index (Phi) is 4.78. The Bertz CT molecular complexity index is 342. The van der Waals surface area contributed by atoms with Crippen LogP contribution in [0.3, 0.4) is 0 Å². The van der Waals surface area contributed by atoms with Crippen molar-refractivity contribution in [3.8, 4) is 0 Å². The fraction of sp³-hybridized carbons (Fsp3) is 0.562. The van der Waals surface area contributed by atoms with E-state index >= 15 is 0 Å². The molecular weight excluding hydrogens is 208 g/mol. The summed E-state index contributed by atoms with van der Waals surface area (Å²) in [5, 5.41) is 0. The highest BCUT2D eigenvalue weighted by atomic mass is 16.1. The number of aryl methyl sites for hydroxylation is 1. The lowest BCUT2D eigenvalue weighted by atomic mass is 9.92. The molecule has 92 valence electrons. The molecule has 1 aliphatic carbocycles. The maximum absolute atomic E-state index is 11.9. The molecule has 0 aliphatic heterocycles. The molecule has 0 radical (unpaired) electrons. The summed E-state index contributed by atoms with van der Waals surface area (Å²) in [4.78, 5) is 11.9. The molecule has 0 amide bonds. The number of rotatable bonds is 4. The van der Waals surface area contributed by atoms with Gasteiger partial charge in [-0.2, -0.15) is 0 Å². The van der Waals surface area contributed by atoms with Crippen LogP contribution in [0.5, 0.6) is 0 Å². The molecule has 0 spiro atoms. The Morgan fingerprint density at radius 1 is 1.06 bits per heavy atom. The summed E-state index contributed by atoms with van der Waals surface area (Å²) in [7, 11) is 0. The van der Waals surface area contributed by atoms with Crippen LogP contribution in [0.25, 0.3) is 0 Å². The first-order valence-electron chi connectivity index (χ1n) is 6.93. The normalized spacial score (nSPS) is 21.2. The second-order valence-electron chi connectivity index (χ2n) is 5.14. The van der Waals surface area contributed by atoms with Crippen LogP contribution in [-0.4, -0.2) is 5.78 Å². The van der Waals surface area contributed by atoms with Gasteiger partial charge in [-0.1, -0.05) is 43.2 Å². The lowest BCUT2D eigenvalue weighted by Gasteiger charge is -2.12. The highest BCUT2D eigenvalue weighted by Crippen LogP contribution is 2.24. The molecule has 0 N–H and O–H groups in total. The third kappa shape index (κ3) is 3.99. The average Bonchev–Trinajstić information content (AvgIpc) is 2.56. The lowest BCUT2D eigenvalue weighted by Crippen LogP contribution is -2.12. The maximum Gasteiger partial charge on any atom is 0.135 e. The van der Waals surface area contributed by atoms with Crippen LogP contribution in [0.1, 0.15) is 50.5 Å². The second kappa shape index (κ2) is 6.58. The number of Topliss-reactive ketones (excluding diaryl/α,β-unsaturated/α-hetero) is 1. The van der Waals surface area contributed by atoms with Crippen molar-refractivity contribution < 1.29 is 4.79 Å². The summed E-state index contributed by atoms with van der Waals surface area (Å²) in [6.07, 6.45) is 8.94. The van der Waals surface area contributed by atoms with Crippen molar-refractivity contribution in [2.45, 2.75) is 51.4 Å². The molecule has 2 rings (SSSR count). The van der Waals surface area contributed by atoms with E-state index in [1.165, 1.54) is 18.4 Å². The van der Waals surface area contributed by atoms with Crippen molar-refractivity contribution in [2.24, 2.45) is 5.92 Å². The molecule has 0 saturated heterocycles. The van der Waals surface area contributed by atoms with E-state index in [4.69, 9.17) is 0 Å². The predicted molar refractivity (Wildman–Crippen MR) is 71.0 cm³/mol. The van der Waals surface area contributed by atoms with Crippen molar-refractivity contribution in [3.05, 3.63) is 35.9 Å². The number of hydrogen-bond donors (Lipinski definition) is 0. The topological polar surface area (TPSA) is 17.1 Å². The first-order valence-corrected chi connectivity index (χ1v) is 6.93. The Balaban J connectivity index is 1.75. The van der Waals surface area contributed by atoms with Crippen molar-refractivity contribution in [1.29, 1.82) is 0 Å². The minimum absolute atomic E-state index is 0.362. The molecule has 1 unspecified atom stereocenters. The Morgan fingerprint density at radius 3 is 2.71 bits per heavy atom. The summed E-state index contributed by atoms with van der Waals surface area (Å²) in [6, 6.07) is 10.6. The first-order chi connectivity index (χ1) is 8.36. The molecule has 17 heavy (non-hydrogen) atoms. The van der Waals surface area contributed by atoms with Gasteiger partial charge in [0.1, 0.15) is 5.78 Å². The van der Waals surface area contributed by atoms with Crippen LogP contribution in [0.2, 0.25) is 0 Å². The Hall–Kier alpha value is -1.11. The van der Waals surface area contributed by atoms with Gasteiger partial charge in [0.15, 0.2) is 0 Å². The molecule has 0 bridgehead atoms. The molecule has 1 fully saturated rings. The van der Waals surface area contributed by atoms with E-state index in [0.29, 0.717) is 11.7 Å². The van der Waals surface area contributed by atoms with E-state index in [-0.39, 0.29) is 0 Å². The summed E-state index contributed by atoms with van der Waals surface area (Å²) in [5.41, 5.74) is 1.40. The Labute approximate surface area is 104 Å². The first kappa shape index (κ1) is 12.3. The standard InChI is InChI=1S/C16H22O/c17-16-13-6-2-5-11-15(16)12-7-10-14-8-3-1-4-9-14/h1,3-4,8-9,15H,2,5-7,10-13H2. The van der Waals surface area contributed by atoms with Gasteiger partial charge in [-0.05, 0) is 37.7 Å². The minimum Gasteiger partial charge on any atom is -0.299 e. The summed E-state index contributed by atoms with van der Waals surface area (Å²) in [6.45, 7) is 0. The maximum atomic E-state index is 11.9. The van der Waals surface area contributed by atoms with Gasteiger partial charge in [0, 0.05) is 12.3 Å². The van der Waals surface area contributed by atoms with Gasteiger partial charge in [0.2, 0.25) is 0 Å². The molecule has 0 aromatic heterocycles. The smallest absolute Gasteiger partial charge is 0.135 e. The number of ketones is 1. The van der Waals surface area contributed by atoms with Gasteiger partial charge in [0.25, 0.3) is 0 Å². The highest BCUT2D eigenvalue weighted by molar-refractivity contribution is 5.81. The average molecular weight is 230 g/mol. The summed E-state index contributed by atoms with van der Waals surface area (Å²) < 4.78 is 0. The molecule has 1 heteroatoms. The fourth-order valence-electron chi connectivity index (χ4n) is 2.73. The molecule has 1 atom stereocenters. The molecule has 1 saturated carbocycles. The molecular formula is C16H22O. The van der Waals surface area contributed by atoms with E-state index in [0.717, 1.165) is 38.5 Å². The van der Waals surface area contributed by atoms with E-state index in [9.17, 15) is 4.79 Å². The molecule has 1 aliphatic rings. The number of hydrogen-bond acceptors (Lipinski definition) is 1. The minimum atomic E-state index is 0.362. The van der Waals surface area contributed by atoms with E-state index < -0.39 is 0 Å². The van der Waals surface area contributed by atoms with Crippen LogP contribution in [0.15, 0.2) is 30.3 Å². The van der Waals surface area contributed by atoms with Crippen molar-refractivity contribution >= 4 is 5.78 Å². The second-order valence-corrected chi connectivity index (χ2v) is 5.14. The van der Waals surface area contributed by atoms with Gasteiger partial charge < -0.3 is 0 Å².